The number of carbonyl (C=O) groups is 1. The van der Waals surface area contributed by atoms with E-state index in [0.717, 1.165) is 0 Å². The summed E-state index contributed by atoms with van der Waals surface area (Å²) in [6.45, 7) is 1.03. The number of nitrogens with zero attached hydrogens (tertiary/aromatic N) is 1. The van der Waals surface area contributed by atoms with Gasteiger partial charge in [-0.2, -0.15) is 0 Å². The minimum atomic E-state index is -0.203. The lowest BCUT2D eigenvalue weighted by Crippen LogP contribution is -2.34. The first-order valence-electron chi connectivity index (χ1n) is 5.29. The van der Waals surface area contributed by atoms with E-state index in [0.29, 0.717) is 28.8 Å². The largest absolute Gasteiger partial charge is 0.383 e. The zero-order chi connectivity index (χ0) is 13.7. The van der Waals surface area contributed by atoms with E-state index in [1.165, 1.54) is 0 Å². The first kappa shape index (κ1) is 15.8. The number of hydrogen-bond acceptors (Lipinski definition) is 2. The number of hydrogen-bond donors (Lipinski definition) is 0. The number of rotatable bonds is 5. The van der Waals surface area contributed by atoms with Crippen LogP contribution < -0.4 is 0 Å². The molecule has 0 aliphatic heterocycles. The van der Waals surface area contributed by atoms with Crippen molar-refractivity contribution in [3.63, 3.8) is 0 Å². The summed E-state index contributed by atoms with van der Waals surface area (Å²) in [6, 6.07) is 5.00. The highest BCUT2D eigenvalue weighted by Crippen LogP contribution is 2.25. The fourth-order valence-electron chi connectivity index (χ4n) is 1.51. The standard InChI is InChI=1S/C12H14BrCl2NO2/c1-16(6-8(13)7-18-2)12(17)11-9(14)4-3-5-10(11)15/h3-5,8H,6-7H2,1-2H3. The average Bonchev–Trinajstić information content (AvgIpc) is 2.28. The van der Waals surface area contributed by atoms with Gasteiger partial charge in [0.05, 0.1) is 27.0 Å². The normalized spacial score (nSPS) is 12.3. The number of alkyl halides is 1. The molecular weight excluding hydrogens is 341 g/mol. The third-order valence-electron chi connectivity index (χ3n) is 2.34. The molecule has 0 aliphatic rings. The van der Waals surface area contributed by atoms with E-state index in [4.69, 9.17) is 27.9 Å². The van der Waals surface area contributed by atoms with Crippen LogP contribution in [-0.2, 0) is 4.74 Å². The molecule has 0 bridgehead atoms. The minimum Gasteiger partial charge on any atom is -0.383 e. The molecule has 1 atom stereocenters. The van der Waals surface area contributed by atoms with Crippen LogP contribution in [0, 0.1) is 0 Å². The van der Waals surface area contributed by atoms with Crippen molar-refractivity contribution in [2.24, 2.45) is 0 Å². The lowest BCUT2D eigenvalue weighted by atomic mass is 10.2. The molecule has 0 saturated carbocycles. The van der Waals surface area contributed by atoms with E-state index in [-0.39, 0.29) is 10.7 Å². The maximum Gasteiger partial charge on any atom is 0.256 e. The summed E-state index contributed by atoms with van der Waals surface area (Å²) in [7, 11) is 3.31. The van der Waals surface area contributed by atoms with Gasteiger partial charge in [-0.25, -0.2) is 0 Å². The lowest BCUT2D eigenvalue weighted by Gasteiger charge is -2.21. The predicted molar refractivity (Wildman–Crippen MR) is 78.0 cm³/mol. The van der Waals surface area contributed by atoms with E-state index >= 15 is 0 Å². The van der Waals surface area contributed by atoms with Crippen molar-refractivity contribution in [1.29, 1.82) is 0 Å². The molecule has 0 heterocycles. The van der Waals surface area contributed by atoms with Crippen LogP contribution in [0.4, 0.5) is 0 Å². The third kappa shape index (κ3) is 4.12. The first-order valence-corrected chi connectivity index (χ1v) is 6.97. The molecule has 18 heavy (non-hydrogen) atoms. The Morgan fingerprint density at radius 2 is 2.00 bits per heavy atom. The molecule has 0 N–H and O–H groups in total. The smallest absolute Gasteiger partial charge is 0.256 e. The lowest BCUT2D eigenvalue weighted by molar-refractivity contribution is 0.0784. The van der Waals surface area contributed by atoms with Crippen molar-refractivity contribution in [2.75, 3.05) is 27.3 Å². The number of ether oxygens (including phenoxy) is 1. The maximum absolute atomic E-state index is 12.2. The van der Waals surface area contributed by atoms with Gasteiger partial charge in [0, 0.05) is 20.7 Å². The van der Waals surface area contributed by atoms with Crippen LogP contribution in [0.1, 0.15) is 10.4 Å². The van der Waals surface area contributed by atoms with Crippen LogP contribution in [0.25, 0.3) is 0 Å². The molecule has 6 heteroatoms. The summed E-state index contributed by atoms with van der Waals surface area (Å²) in [6.07, 6.45) is 0. The van der Waals surface area contributed by atoms with E-state index in [1.807, 2.05) is 0 Å². The van der Waals surface area contributed by atoms with E-state index in [1.54, 1.807) is 37.3 Å². The molecular formula is C12H14BrCl2NO2. The summed E-state index contributed by atoms with van der Waals surface area (Å²) < 4.78 is 5.00. The fourth-order valence-corrected chi connectivity index (χ4v) is 2.76. The molecule has 3 nitrogen and oxygen atoms in total. The van der Waals surface area contributed by atoms with Crippen molar-refractivity contribution >= 4 is 45.0 Å². The second kappa shape index (κ2) is 7.34. The fraction of sp³-hybridized carbons (Fsp3) is 0.417. The van der Waals surface area contributed by atoms with E-state index in [9.17, 15) is 4.79 Å². The van der Waals surface area contributed by atoms with Crippen molar-refractivity contribution in [3.8, 4) is 0 Å². The van der Waals surface area contributed by atoms with Gasteiger partial charge in [0.15, 0.2) is 0 Å². The Kier molecular flexibility index (Phi) is 6.43. The monoisotopic (exact) mass is 353 g/mol. The molecule has 0 spiro atoms. The predicted octanol–water partition coefficient (Wildman–Crippen LogP) is 3.48. The van der Waals surface area contributed by atoms with E-state index < -0.39 is 0 Å². The Morgan fingerprint density at radius 3 is 2.50 bits per heavy atom. The average molecular weight is 355 g/mol. The highest BCUT2D eigenvalue weighted by Gasteiger charge is 2.20. The maximum atomic E-state index is 12.2. The summed E-state index contributed by atoms with van der Waals surface area (Å²) >= 11 is 15.4. The van der Waals surface area contributed by atoms with Gasteiger partial charge in [-0.1, -0.05) is 45.2 Å². The van der Waals surface area contributed by atoms with Crippen molar-refractivity contribution < 1.29 is 9.53 Å². The van der Waals surface area contributed by atoms with Gasteiger partial charge in [0.2, 0.25) is 0 Å². The van der Waals surface area contributed by atoms with Gasteiger partial charge in [-0.05, 0) is 12.1 Å². The Labute approximate surface area is 125 Å². The molecule has 1 unspecified atom stereocenters. The van der Waals surface area contributed by atoms with Crippen LogP contribution >= 0.6 is 39.1 Å². The Balaban J connectivity index is 2.81. The minimum absolute atomic E-state index is 0.0673. The number of benzene rings is 1. The summed E-state index contributed by atoms with van der Waals surface area (Å²) in [5, 5.41) is 0.717. The molecule has 0 saturated heterocycles. The summed E-state index contributed by atoms with van der Waals surface area (Å²) in [4.78, 5) is 13.8. The second-order valence-electron chi connectivity index (χ2n) is 3.83. The van der Waals surface area contributed by atoms with Gasteiger partial charge in [0.25, 0.3) is 5.91 Å². The molecule has 0 fully saturated rings. The van der Waals surface area contributed by atoms with Crippen LogP contribution in [0.5, 0.6) is 0 Å². The molecule has 0 aromatic heterocycles. The SMILES string of the molecule is COCC(Br)CN(C)C(=O)c1c(Cl)cccc1Cl. The molecule has 1 rings (SSSR count). The van der Waals surface area contributed by atoms with Gasteiger partial charge >= 0.3 is 0 Å². The molecule has 1 aromatic rings. The van der Waals surface area contributed by atoms with Crippen molar-refractivity contribution in [1.82, 2.24) is 4.90 Å². The van der Waals surface area contributed by atoms with Crippen LogP contribution in [0.2, 0.25) is 10.0 Å². The van der Waals surface area contributed by atoms with Crippen LogP contribution in [0.3, 0.4) is 0 Å². The molecule has 1 aromatic carbocycles. The molecule has 0 radical (unpaired) electrons. The number of methoxy groups -OCH3 is 1. The number of amides is 1. The molecule has 1 amide bonds. The van der Waals surface area contributed by atoms with Crippen LogP contribution in [-0.4, -0.2) is 42.9 Å². The molecule has 0 aliphatic carbocycles. The highest BCUT2D eigenvalue weighted by atomic mass is 79.9. The van der Waals surface area contributed by atoms with Crippen molar-refractivity contribution in [3.05, 3.63) is 33.8 Å². The quantitative estimate of drug-likeness (QED) is 0.757. The third-order valence-corrected chi connectivity index (χ3v) is 3.53. The van der Waals surface area contributed by atoms with Gasteiger partial charge in [0.1, 0.15) is 0 Å². The molecule has 100 valence electrons. The second-order valence-corrected chi connectivity index (χ2v) is 5.94. The Hall–Kier alpha value is -0.290. The zero-order valence-corrected chi connectivity index (χ0v) is 13.2. The van der Waals surface area contributed by atoms with E-state index in [2.05, 4.69) is 15.9 Å². The topological polar surface area (TPSA) is 29.5 Å². The number of halogens is 3. The Morgan fingerprint density at radius 1 is 1.44 bits per heavy atom. The first-order chi connectivity index (χ1) is 8.47. The number of carbonyl (C=O) groups excluding carboxylic acids is 1. The van der Waals surface area contributed by atoms with Gasteiger partial charge < -0.3 is 9.64 Å². The Bertz CT molecular complexity index is 408. The summed E-state index contributed by atoms with van der Waals surface area (Å²) in [5.41, 5.74) is 0.334. The van der Waals surface area contributed by atoms with Crippen molar-refractivity contribution in [2.45, 2.75) is 4.83 Å². The summed E-state index contributed by atoms with van der Waals surface area (Å²) in [5.74, 6) is -0.203. The van der Waals surface area contributed by atoms with Crippen LogP contribution in [0.15, 0.2) is 18.2 Å². The van der Waals surface area contributed by atoms with Gasteiger partial charge in [-0.15, -0.1) is 0 Å². The van der Waals surface area contributed by atoms with Gasteiger partial charge in [-0.3, -0.25) is 4.79 Å². The highest BCUT2D eigenvalue weighted by molar-refractivity contribution is 9.09. The zero-order valence-electron chi connectivity index (χ0n) is 10.1.